The monoisotopic (exact) mass is 344 g/mol. The molecule has 1 aromatic carbocycles. The number of hydrogen-bond acceptors (Lipinski definition) is 5. The van der Waals surface area contributed by atoms with E-state index in [-0.39, 0.29) is 24.3 Å². The van der Waals surface area contributed by atoms with Gasteiger partial charge in [-0.1, -0.05) is 30.3 Å². The van der Waals surface area contributed by atoms with Crippen molar-refractivity contribution < 1.29 is 14.3 Å². The highest BCUT2D eigenvalue weighted by atomic mass is 32.1. The van der Waals surface area contributed by atoms with Crippen LogP contribution in [-0.4, -0.2) is 24.0 Å². The van der Waals surface area contributed by atoms with Crippen LogP contribution in [-0.2, 0) is 14.3 Å². The van der Waals surface area contributed by atoms with E-state index in [1.807, 2.05) is 37.3 Å². The minimum Gasteiger partial charge on any atom is -0.469 e. The molecular formula is C18H20N2O3S. The Labute approximate surface area is 145 Å². The fourth-order valence-corrected chi connectivity index (χ4v) is 2.89. The summed E-state index contributed by atoms with van der Waals surface area (Å²) in [4.78, 5) is 28.7. The van der Waals surface area contributed by atoms with E-state index >= 15 is 0 Å². The van der Waals surface area contributed by atoms with E-state index in [9.17, 15) is 9.59 Å². The Hall–Kier alpha value is -2.47. The van der Waals surface area contributed by atoms with Gasteiger partial charge in [0.1, 0.15) is 0 Å². The van der Waals surface area contributed by atoms with Gasteiger partial charge in [-0.05, 0) is 25.0 Å². The minimum atomic E-state index is -0.291. The number of nitrogens with zero attached hydrogens (tertiary/aromatic N) is 1. The van der Waals surface area contributed by atoms with E-state index in [1.165, 1.54) is 24.5 Å². The second kappa shape index (κ2) is 8.98. The van der Waals surface area contributed by atoms with Crippen molar-refractivity contribution in [2.24, 2.45) is 0 Å². The van der Waals surface area contributed by atoms with E-state index in [0.29, 0.717) is 6.42 Å². The molecule has 0 radical (unpaired) electrons. The molecule has 0 aliphatic carbocycles. The van der Waals surface area contributed by atoms with Gasteiger partial charge >= 0.3 is 5.97 Å². The molecule has 1 N–H and O–H groups in total. The van der Waals surface area contributed by atoms with Gasteiger partial charge in [-0.15, -0.1) is 11.3 Å². The third-order valence-electron chi connectivity index (χ3n) is 3.42. The van der Waals surface area contributed by atoms with Crippen LogP contribution in [0.3, 0.4) is 0 Å². The average molecular weight is 344 g/mol. The number of ether oxygens (including phenoxy) is 1. The first-order valence-corrected chi connectivity index (χ1v) is 8.43. The quantitative estimate of drug-likeness (QED) is 0.618. The Morgan fingerprint density at radius 2 is 2.08 bits per heavy atom. The smallest absolute Gasteiger partial charge is 0.305 e. The summed E-state index contributed by atoms with van der Waals surface area (Å²) >= 11 is 1.52. The molecule has 0 saturated heterocycles. The molecule has 1 aromatic heterocycles. The molecule has 0 saturated carbocycles. The van der Waals surface area contributed by atoms with Crippen LogP contribution in [0.4, 0.5) is 0 Å². The summed E-state index contributed by atoms with van der Waals surface area (Å²) in [6.45, 7) is 1.92. The summed E-state index contributed by atoms with van der Waals surface area (Å²) < 4.78 is 4.68. The predicted octanol–water partition coefficient (Wildman–Crippen LogP) is 3.28. The minimum absolute atomic E-state index is 0.209. The maximum Gasteiger partial charge on any atom is 0.305 e. The second-order valence-electron chi connectivity index (χ2n) is 5.20. The first-order valence-electron chi connectivity index (χ1n) is 7.61. The van der Waals surface area contributed by atoms with Crippen molar-refractivity contribution in [1.29, 1.82) is 0 Å². The summed E-state index contributed by atoms with van der Waals surface area (Å²) in [5.41, 5.74) is 0.955. The van der Waals surface area contributed by atoms with E-state index in [4.69, 9.17) is 0 Å². The first-order chi connectivity index (χ1) is 11.6. The molecule has 24 heavy (non-hydrogen) atoms. The molecule has 0 aliphatic heterocycles. The second-order valence-corrected chi connectivity index (χ2v) is 6.47. The highest BCUT2D eigenvalue weighted by Gasteiger charge is 2.15. The zero-order valence-electron chi connectivity index (χ0n) is 13.7. The summed E-state index contributed by atoms with van der Waals surface area (Å²) in [6, 6.07) is 9.34. The van der Waals surface area contributed by atoms with Gasteiger partial charge in [-0.25, -0.2) is 4.98 Å². The Balaban J connectivity index is 2.02. The fourth-order valence-electron chi connectivity index (χ4n) is 2.20. The number of amides is 1. The molecule has 5 nitrogen and oxygen atoms in total. The van der Waals surface area contributed by atoms with E-state index in [0.717, 1.165) is 15.4 Å². The molecule has 6 heteroatoms. The summed E-state index contributed by atoms with van der Waals surface area (Å²) in [5, 5.41) is 3.89. The van der Waals surface area contributed by atoms with Gasteiger partial charge in [-0.3, -0.25) is 9.59 Å². The summed E-state index contributed by atoms with van der Waals surface area (Å²) in [6.07, 6.45) is 5.68. The maximum atomic E-state index is 12.2. The topological polar surface area (TPSA) is 68.3 Å². The van der Waals surface area contributed by atoms with Crippen LogP contribution in [0.2, 0.25) is 0 Å². The molecule has 0 bridgehead atoms. The molecule has 2 aromatic rings. The van der Waals surface area contributed by atoms with Crippen LogP contribution < -0.4 is 5.32 Å². The van der Waals surface area contributed by atoms with Gasteiger partial charge < -0.3 is 10.1 Å². The normalized spacial score (nSPS) is 12.1. The lowest BCUT2D eigenvalue weighted by molar-refractivity contribution is -0.141. The van der Waals surface area contributed by atoms with E-state index in [2.05, 4.69) is 15.0 Å². The lowest BCUT2D eigenvalue weighted by Gasteiger charge is -2.17. The third kappa shape index (κ3) is 5.62. The van der Waals surface area contributed by atoms with Crippen molar-refractivity contribution in [3.05, 3.63) is 58.1 Å². The number of aromatic nitrogens is 1. The van der Waals surface area contributed by atoms with E-state index in [1.54, 1.807) is 12.3 Å². The number of benzene rings is 1. The molecular weight excluding hydrogens is 324 g/mol. The first kappa shape index (κ1) is 17.9. The zero-order valence-corrected chi connectivity index (χ0v) is 14.5. The van der Waals surface area contributed by atoms with Gasteiger partial charge in [0.15, 0.2) is 0 Å². The molecule has 0 aliphatic rings. The summed E-state index contributed by atoms with van der Waals surface area (Å²) in [7, 11) is 1.36. The Morgan fingerprint density at radius 1 is 1.33 bits per heavy atom. The van der Waals surface area contributed by atoms with Crippen LogP contribution in [0, 0.1) is 6.92 Å². The number of rotatable bonds is 7. The molecule has 1 heterocycles. The third-order valence-corrected chi connectivity index (χ3v) is 4.30. The van der Waals surface area contributed by atoms with Gasteiger partial charge in [-0.2, -0.15) is 0 Å². The summed E-state index contributed by atoms with van der Waals surface area (Å²) in [5.74, 6) is -0.499. The van der Waals surface area contributed by atoms with Crippen LogP contribution in [0.1, 0.15) is 34.3 Å². The number of hydrogen-bond donors (Lipinski definition) is 1. The average Bonchev–Trinajstić information content (AvgIpc) is 3.02. The fraction of sp³-hybridized carbons (Fsp3) is 0.278. The zero-order chi connectivity index (χ0) is 17.4. The number of esters is 1. The number of methoxy groups -OCH3 is 1. The Kier molecular flexibility index (Phi) is 6.69. The van der Waals surface area contributed by atoms with Crippen LogP contribution in [0.5, 0.6) is 0 Å². The highest BCUT2D eigenvalue weighted by molar-refractivity contribution is 7.12. The predicted molar refractivity (Wildman–Crippen MR) is 94.5 cm³/mol. The van der Waals surface area contributed by atoms with Gasteiger partial charge in [0.25, 0.3) is 0 Å². The Morgan fingerprint density at radius 3 is 2.71 bits per heavy atom. The van der Waals surface area contributed by atoms with Crippen molar-refractivity contribution in [3.63, 3.8) is 0 Å². The van der Waals surface area contributed by atoms with Crippen LogP contribution in [0.25, 0.3) is 6.08 Å². The van der Waals surface area contributed by atoms with Crippen molar-refractivity contribution in [1.82, 2.24) is 10.3 Å². The van der Waals surface area contributed by atoms with Gasteiger partial charge in [0, 0.05) is 23.6 Å². The van der Waals surface area contributed by atoms with Gasteiger partial charge in [0.05, 0.1) is 18.2 Å². The molecule has 1 atom stereocenters. The number of thiazole rings is 1. The largest absolute Gasteiger partial charge is 0.469 e. The van der Waals surface area contributed by atoms with Crippen molar-refractivity contribution in [2.75, 3.05) is 7.11 Å². The van der Waals surface area contributed by atoms with Crippen molar-refractivity contribution in [2.45, 2.75) is 25.8 Å². The lowest BCUT2D eigenvalue weighted by Crippen LogP contribution is -2.27. The number of carbonyl (C=O) groups is 2. The lowest BCUT2D eigenvalue weighted by atomic mass is 10.0. The van der Waals surface area contributed by atoms with Crippen LogP contribution in [0.15, 0.2) is 42.6 Å². The van der Waals surface area contributed by atoms with Crippen molar-refractivity contribution >= 4 is 29.3 Å². The molecule has 0 unspecified atom stereocenters. The number of aryl methyl sites for hydroxylation is 1. The highest BCUT2D eigenvalue weighted by Crippen LogP contribution is 2.19. The maximum absolute atomic E-state index is 12.2. The van der Waals surface area contributed by atoms with E-state index < -0.39 is 0 Å². The molecule has 0 fully saturated rings. The molecule has 2 rings (SSSR count). The molecule has 126 valence electrons. The molecule has 0 spiro atoms. The standard InChI is InChI=1S/C18H20N2O3S/c1-13-19-12-15(24-13)8-10-17(21)20-16(9-11-18(22)23-2)14-6-4-3-5-7-14/h3-8,10,12,16H,9,11H2,1-2H3,(H,20,21)/b10-8-/t16-/m0/s1. The molecule has 1 amide bonds. The number of carbonyl (C=O) groups excluding carboxylic acids is 2. The van der Waals surface area contributed by atoms with Crippen molar-refractivity contribution in [3.8, 4) is 0 Å². The van der Waals surface area contributed by atoms with Gasteiger partial charge in [0.2, 0.25) is 5.91 Å². The number of nitrogens with one attached hydrogen (secondary N) is 1. The Bertz CT molecular complexity index is 710. The SMILES string of the molecule is COC(=O)CC[C@H](NC(=O)/C=C\c1cnc(C)s1)c1ccccc1. The van der Waals surface area contributed by atoms with Crippen LogP contribution >= 0.6 is 11.3 Å².